The zero-order valence-corrected chi connectivity index (χ0v) is 15.3. The van der Waals surface area contributed by atoms with Crippen molar-refractivity contribution in [2.24, 2.45) is 0 Å². The van der Waals surface area contributed by atoms with Gasteiger partial charge in [-0.3, -0.25) is 9.69 Å². The molecule has 0 aliphatic carbocycles. The normalized spacial score (nSPS) is 21.1. The summed E-state index contributed by atoms with van der Waals surface area (Å²) in [7, 11) is 3.37. The van der Waals surface area contributed by atoms with Crippen molar-refractivity contribution in [1.82, 2.24) is 15.1 Å². The Labute approximate surface area is 150 Å². The fraction of sp³-hybridized carbons (Fsp3) is 0.632. The van der Waals surface area contributed by atoms with Crippen LogP contribution in [0.5, 0.6) is 5.75 Å². The van der Waals surface area contributed by atoms with Gasteiger partial charge in [0.05, 0.1) is 7.11 Å². The Morgan fingerprint density at radius 3 is 2.44 bits per heavy atom. The molecule has 0 unspecified atom stereocenters. The van der Waals surface area contributed by atoms with E-state index >= 15 is 0 Å². The second-order valence-electron chi connectivity index (χ2n) is 6.83. The van der Waals surface area contributed by atoms with Gasteiger partial charge in [0, 0.05) is 45.4 Å². The van der Waals surface area contributed by atoms with Crippen molar-refractivity contribution in [2.45, 2.75) is 25.0 Å². The quantitative estimate of drug-likeness (QED) is 0.865. The maximum atomic E-state index is 13.0. The van der Waals surface area contributed by atoms with E-state index in [0.29, 0.717) is 0 Å². The van der Waals surface area contributed by atoms with Crippen LogP contribution in [-0.4, -0.2) is 74.8 Å². The molecule has 2 fully saturated rings. The topological polar surface area (TPSA) is 54.0 Å². The minimum absolute atomic E-state index is 0.161. The van der Waals surface area contributed by atoms with E-state index in [1.54, 1.807) is 14.2 Å². The summed E-state index contributed by atoms with van der Waals surface area (Å²) in [6.07, 6.45) is 1.51. The number of piperazine rings is 1. The lowest BCUT2D eigenvalue weighted by Gasteiger charge is -2.42. The van der Waals surface area contributed by atoms with Crippen LogP contribution in [0.25, 0.3) is 0 Å². The highest BCUT2D eigenvalue weighted by molar-refractivity contribution is 5.85. The highest BCUT2D eigenvalue weighted by Gasteiger charge is 2.42. The van der Waals surface area contributed by atoms with Gasteiger partial charge in [-0.15, -0.1) is 0 Å². The number of hydrogen-bond donors (Lipinski definition) is 1. The summed E-state index contributed by atoms with van der Waals surface area (Å²) in [6.45, 7) is 5.80. The smallest absolute Gasteiger partial charge is 0.254 e. The van der Waals surface area contributed by atoms with Crippen molar-refractivity contribution in [3.05, 3.63) is 29.8 Å². The number of ether oxygens (including phenoxy) is 2. The Hall–Kier alpha value is -1.63. The first-order valence-electron chi connectivity index (χ1n) is 9.08. The predicted molar refractivity (Wildman–Crippen MR) is 96.7 cm³/mol. The second kappa shape index (κ2) is 8.17. The van der Waals surface area contributed by atoms with E-state index in [4.69, 9.17) is 9.47 Å². The van der Waals surface area contributed by atoms with Crippen LogP contribution in [0, 0.1) is 0 Å². The van der Waals surface area contributed by atoms with Crippen molar-refractivity contribution in [2.75, 3.05) is 53.5 Å². The molecular weight excluding hydrogens is 318 g/mol. The monoisotopic (exact) mass is 347 g/mol. The van der Waals surface area contributed by atoms with Gasteiger partial charge in [-0.05, 0) is 32.0 Å². The van der Waals surface area contributed by atoms with Crippen molar-refractivity contribution >= 4 is 5.91 Å². The summed E-state index contributed by atoms with van der Waals surface area (Å²) < 4.78 is 11.1. The molecule has 1 amide bonds. The summed E-state index contributed by atoms with van der Waals surface area (Å²) in [5, 5.41) is 3.31. The van der Waals surface area contributed by atoms with Gasteiger partial charge < -0.3 is 19.7 Å². The number of piperidine rings is 1. The number of carbonyl (C=O) groups is 1. The maximum Gasteiger partial charge on any atom is 0.254 e. The zero-order chi connectivity index (χ0) is 17.7. The first-order chi connectivity index (χ1) is 12.2. The van der Waals surface area contributed by atoms with Crippen molar-refractivity contribution in [3.63, 3.8) is 0 Å². The van der Waals surface area contributed by atoms with E-state index in [2.05, 4.69) is 16.3 Å². The molecule has 1 aromatic carbocycles. The first-order valence-corrected chi connectivity index (χ1v) is 9.08. The van der Waals surface area contributed by atoms with Crippen molar-refractivity contribution in [1.29, 1.82) is 0 Å². The third-order valence-corrected chi connectivity index (χ3v) is 5.44. The van der Waals surface area contributed by atoms with E-state index in [1.807, 2.05) is 23.1 Å². The number of nitrogens with zero attached hydrogens (tertiary/aromatic N) is 2. The molecule has 1 N–H and O–H groups in total. The number of methoxy groups -OCH3 is 2. The van der Waals surface area contributed by atoms with Crippen LogP contribution < -0.4 is 10.1 Å². The van der Waals surface area contributed by atoms with Gasteiger partial charge in [0.2, 0.25) is 0 Å². The molecule has 0 bridgehead atoms. The number of nitrogens with one attached hydrogen (secondary N) is 1. The maximum absolute atomic E-state index is 13.0. The molecule has 2 heterocycles. The summed E-state index contributed by atoms with van der Waals surface area (Å²) in [4.78, 5) is 17.4. The number of carbonyl (C=O) groups excluding carboxylic acids is 1. The van der Waals surface area contributed by atoms with Crippen LogP contribution in [0.15, 0.2) is 24.3 Å². The van der Waals surface area contributed by atoms with Crippen LogP contribution in [-0.2, 0) is 16.1 Å². The molecular formula is C19H29N3O3. The van der Waals surface area contributed by atoms with Gasteiger partial charge in [-0.1, -0.05) is 18.2 Å². The average Bonchev–Trinajstić information content (AvgIpc) is 2.69. The molecule has 0 spiro atoms. The highest BCUT2D eigenvalue weighted by atomic mass is 16.5. The fourth-order valence-electron chi connectivity index (χ4n) is 3.81. The molecule has 2 saturated heterocycles. The number of amides is 1. The molecule has 1 aromatic rings. The number of hydrogen-bond acceptors (Lipinski definition) is 5. The minimum Gasteiger partial charge on any atom is -0.496 e. The molecule has 138 valence electrons. The molecule has 0 aromatic heterocycles. The first kappa shape index (κ1) is 18.2. The summed E-state index contributed by atoms with van der Waals surface area (Å²) >= 11 is 0. The SMILES string of the molecule is COc1ccccc1CN1CCN(C(=O)C2(OC)CCNCC2)CC1. The summed E-state index contributed by atoms with van der Waals surface area (Å²) in [6, 6.07) is 8.12. The van der Waals surface area contributed by atoms with E-state index in [-0.39, 0.29) is 5.91 Å². The van der Waals surface area contributed by atoms with Crippen LogP contribution in [0.2, 0.25) is 0 Å². The Bertz CT molecular complexity index is 579. The minimum atomic E-state index is -0.629. The lowest BCUT2D eigenvalue weighted by molar-refractivity contribution is -0.160. The largest absolute Gasteiger partial charge is 0.496 e. The Balaban J connectivity index is 1.57. The van der Waals surface area contributed by atoms with E-state index in [0.717, 1.165) is 64.4 Å². The van der Waals surface area contributed by atoms with Gasteiger partial charge in [0.25, 0.3) is 5.91 Å². The van der Waals surface area contributed by atoms with Crippen molar-refractivity contribution < 1.29 is 14.3 Å². The van der Waals surface area contributed by atoms with Gasteiger partial charge in [-0.2, -0.15) is 0 Å². The van der Waals surface area contributed by atoms with Gasteiger partial charge >= 0.3 is 0 Å². The molecule has 2 aliphatic heterocycles. The van der Waals surface area contributed by atoms with Crippen LogP contribution in [0.3, 0.4) is 0 Å². The molecule has 2 aliphatic rings. The Morgan fingerprint density at radius 2 is 1.80 bits per heavy atom. The Morgan fingerprint density at radius 1 is 1.12 bits per heavy atom. The standard InChI is InChI=1S/C19H29N3O3/c1-24-17-6-4-3-5-16(17)15-21-11-13-22(14-12-21)18(23)19(25-2)7-9-20-10-8-19/h3-6,20H,7-15H2,1-2H3. The third-order valence-electron chi connectivity index (χ3n) is 5.44. The lowest BCUT2D eigenvalue weighted by atomic mass is 9.90. The van der Waals surface area contributed by atoms with Crippen LogP contribution >= 0.6 is 0 Å². The van der Waals surface area contributed by atoms with Gasteiger partial charge in [-0.25, -0.2) is 0 Å². The second-order valence-corrected chi connectivity index (χ2v) is 6.83. The summed E-state index contributed by atoms with van der Waals surface area (Å²) in [5.74, 6) is 1.09. The molecule has 0 saturated carbocycles. The van der Waals surface area contributed by atoms with E-state index in [1.165, 1.54) is 5.56 Å². The number of para-hydroxylation sites is 1. The van der Waals surface area contributed by atoms with Crippen molar-refractivity contribution in [3.8, 4) is 5.75 Å². The highest BCUT2D eigenvalue weighted by Crippen LogP contribution is 2.26. The Kier molecular flexibility index (Phi) is 5.93. The number of benzene rings is 1. The molecule has 6 nitrogen and oxygen atoms in total. The lowest BCUT2D eigenvalue weighted by Crippen LogP contribution is -2.59. The third kappa shape index (κ3) is 3.97. The fourth-order valence-corrected chi connectivity index (χ4v) is 3.81. The molecule has 3 rings (SSSR count). The molecule has 25 heavy (non-hydrogen) atoms. The van der Waals surface area contributed by atoms with Crippen LogP contribution in [0.4, 0.5) is 0 Å². The number of rotatable bonds is 5. The van der Waals surface area contributed by atoms with E-state index in [9.17, 15) is 4.79 Å². The molecule has 0 atom stereocenters. The average molecular weight is 347 g/mol. The summed E-state index contributed by atoms with van der Waals surface area (Å²) in [5.41, 5.74) is 0.562. The van der Waals surface area contributed by atoms with Gasteiger partial charge in [0.1, 0.15) is 11.4 Å². The predicted octanol–water partition coefficient (Wildman–Crippen LogP) is 1.11. The molecule has 6 heteroatoms. The van der Waals surface area contributed by atoms with Crippen LogP contribution in [0.1, 0.15) is 18.4 Å². The van der Waals surface area contributed by atoms with E-state index < -0.39 is 5.60 Å². The molecule has 0 radical (unpaired) electrons. The van der Waals surface area contributed by atoms with Gasteiger partial charge in [0.15, 0.2) is 0 Å². The zero-order valence-electron chi connectivity index (χ0n) is 15.3.